The molecule has 0 amide bonds. The second-order valence-electron chi connectivity index (χ2n) is 4.29. The Morgan fingerprint density at radius 1 is 0.955 bits per heavy atom. The zero-order valence-electron chi connectivity index (χ0n) is 11.9. The maximum Gasteiger partial charge on any atom is 0.346 e. The molecule has 0 radical (unpaired) electrons. The van der Waals surface area contributed by atoms with E-state index in [1.807, 2.05) is 54.6 Å². The van der Waals surface area contributed by atoms with E-state index in [0.717, 1.165) is 17.1 Å². The summed E-state index contributed by atoms with van der Waals surface area (Å²) in [5, 5.41) is 0. The van der Waals surface area contributed by atoms with Crippen LogP contribution in [0, 0.1) is 0 Å². The molecule has 22 heavy (non-hydrogen) atoms. The standard InChI is InChI=1S/C17H14Br2O3/c1-2-21-17(20)16(19)15(18)12-8-10-14(11-9-12)22-13-6-4-3-5-7-13/h3-11H,2H2,1H3. The second kappa shape index (κ2) is 8.15. The van der Waals surface area contributed by atoms with E-state index in [1.54, 1.807) is 6.92 Å². The SMILES string of the molecule is CCOC(=O)C(Br)=C(Br)c1ccc(Oc2ccccc2)cc1. The van der Waals surface area contributed by atoms with Crippen LogP contribution in [0.15, 0.2) is 59.1 Å². The second-order valence-corrected chi connectivity index (χ2v) is 5.87. The summed E-state index contributed by atoms with van der Waals surface area (Å²) in [7, 11) is 0. The lowest BCUT2D eigenvalue weighted by Crippen LogP contribution is -2.04. The first kappa shape index (κ1) is 16.8. The topological polar surface area (TPSA) is 35.5 Å². The molecule has 2 aromatic rings. The summed E-state index contributed by atoms with van der Waals surface area (Å²) in [4.78, 5) is 11.7. The zero-order chi connectivity index (χ0) is 15.9. The normalized spacial score (nSPS) is 11.6. The molecule has 0 aliphatic rings. The van der Waals surface area contributed by atoms with E-state index in [1.165, 1.54) is 0 Å². The number of hydrogen-bond acceptors (Lipinski definition) is 3. The van der Waals surface area contributed by atoms with Gasteiger partial charge in [-0.25, -0.2) is 4.79 Å². The van der Waals surface area contributed by atoms with Crippen molar-refractivity contribution in [2.75, 3.05) is 6.61 Å². The zero-order valence-corrected chi connectivity index (χ0v) is 15.1. The van der Waals surface area contributed by atoms with E-state index in [9.17, 15) is 4.79 Å². The lowest BCUT2D eigenvalue weighted by Gasteiger charge is -2.08. The maximum absolute atomic E-state index is 11.7. The van der Waals surface area contributed by atoms with Crippen molar-refractivity contribution in [3.05, 3.63) is 64.6 Å². The van der Waals surface area contributed by atoms with Crippen LogP contribution in [0.1, 0.15) is 12.5 Å². The molecule has 3 nitrogen and oxygen atoms in total. The molecule has 2 rings (SSSR count). The smallest absolute Gasteiger partial charge is 0.346 e. The fourth-order valence-corrected chi connectivity index (χ4v) is 2.47. The van der Waals surface area contributed by atoms with Gasteiger partial charge in [0.05, 0.1) is 6.61 Å². The van der Waals surface area contributed by atoms with Crippen LogP contribution in [0.4, 0.5) is 0 Å². The van der Waals surface area contributed by atoms with Crippen LogP contribution < -0.4 is 4.74 Å². The highest BCUT2D eigenvalue weighted by atomic mass is 79.9. The lowest BCUT2D eigenvalue weighted by molar-refractivity contribution is -0.137. The van der Waals surface area contributed by atoms with E-state index in [4.69, 9.17) is 9.47 Å². The van der Waals surface area contributed by atoms with Crippen molar-refractivity contribution in [3.63, 3.8) is 0 Å². The molecule has 0 aromatic heterocycles. The van der Waals surface area contributed by atoms with Crippen molar-refractivity contribution in [3.8, 4) is 11.5 Å². The number of benzene rings is 2. The fourth-order valence-electron chi connectivity index (χ4n) is 1.70. The third-order valence-electron chi connectivity index (χ3n) is 2.73. The largest absolute Gasteiger partial charge is 0.462 e. The number of halogens is 2. The first-order valence-corrected chi connectivity index (χ1v) is 8.26. The van der Waals surface area contributed by atoms with Gasteiger partial charge in [0, 0.05) is 4.48 Å². The van der Waals surface area contributed by atoms with Crippen LogP contribution in [-0.4, -0.2) is 12.6 Å². The number of esters is 1. The summed E-state index contributed by atoms with van der Waals surface area (Å²) in [6.07, 6.45) is 0. The van der Waals surface area contributed by atoms with E-state index in [0.29, 0.717) is 15.6 Å². The van der Waals surface area contributed by atoms with Crippen molar-refractivity contribution in [1.29, 1.82) is 0 Å². The molecule has 0 unspecified atom stereocenters. The summed E-state index contributed by atoms with van der Waals surface area (Å²) < 4.78 is 11.7. The molecular weight excluding hydrogens is 412 g/mol. The summed E-state index contributed by atoms with van der Waals surface area (Å²) >= 11 is 6.65. The molecule has 0 heterocycles. The van der Waals surface area contributed by atoms with Gasteiger partial charge < -0.3 is 9.47 Å². The highest BCUT2D eigenvalue weighted by Gasteiger charge is 2.13. The van der Waals surface area contributed by atoms with Crippen LogP contribution in [0.3, 0.4) is 0 Å². The highest BCUT2D eigenvalue weighted by Crippen LogP contribution is 2.31. The summed E-state index contributed by atoms with van der Waals surface area (Å²) in [5.74, 6) is 1.10. The average Bonchev–Trinajstić information content (AvgIpc) is 2.55. The van der Waals surface area contributed by atoms with Crippen molar-refractivity contribution in [2.24, 2.45) is 0 Å². The summed E-state index contributed by atoms with van der Waals surface area (Å²) in [6, 6.07) is 17.0. The third-order valence-corrected chi connectivity index (χ3v) is 4.84. The van der Waals surface area contributed by atoms with Crippen molar-refractivity contribution >= 4 is 42.3 Å². The minimum atomic E-state index is -0.404. The first-order valence-electron chi connectivity index (χ1n) is 6.67. The van der Waals surface area contributed by atoms with Gasteiger partial charge in [-0.05, 0) is 68.6 Å². The molecule has 0 aliphatic carbocycles. The monoisotopic (exact) mass is 424 g/mol. The predicted octanol–water partition coefficient (Wildman–Crippen LogP) is 5.50. The van der Waals surface area contributed by atoms with E-state index >= 15 is 0 Å². The van der Waals surface area contributed by atoms with Crippen LogP contribution in [-0.2, 0) is 9.53 Å². The molecule has 0 fully saturated rings. The number of carbonyl (C=O) groups excluding carboxylic acids is 1. The predicted molar refractivity (Wildman–Crippen MR) is 94.4 cm³/mol. The van der Waals surface area contributed by atoms with Gasteiger partial charge in [0.1, 0.15) is 16.0 Å². The Balaban J connectivity index is 2.14. The number of hydrogen-bond donors (Lipinski definition) is 0. The Bertz CT molecular complexity index is 664. The van der Waals surface area contributed by atoms with Gasteiger partial charge >= 0.3 is 5.97 Å². The molecule has 0 aliphatic heterocycles. The molecule has 0 bridgehead atoms. The van der Waals surface area contributed by atoms with E-state index in [-0.39, 0.29) is 0 Å². The van der Waals surface area contributed by atoms with E-state index in [2.05, 4.69) is 31.9 Å². The molecule has 0 N–H and O–H groups in total. The van der Waals surface area contributed by atoms with Crippen molar-refractivity contribution in [1.82, 2.24) is 0 Å². The fraction of sp³-hybridized carbons (Fsp3) is 0.118. The quantitative estimate of drug-likeness (QED) is 0.468. The van der Waals surface area contributed by atoms with Crippen LogP contribution in [0.5, 0.6) is 11.5 Å². The Hall–Kier alpha value is -1.59. The number of para-hydroxylation sites is 1. The van der Waals surface area contributed by atoms with Crippen LogP contribution >= 0.6 is 31.9 Å². The Morgan fingerprint density at radius 3 is 2.14 bits per heavy atom. The Labute approximate surface area is 146 Å². The molecule has 114 valence electrons. The maximum atomic E-state index is 11.7. The lowest BCUT2D eigenvalue weighted by atomic mass is 10.2. The molecule has 0 saturated heterocycles. The van der Waals surface area contributed by atoms with E-state index < -0.39 is 5.97 Å². The molecule has 2 aromatic carbocycles. The van der Waals surface area contributed by atoms with Gasteiger partial charge in [0.2, 0.25) is 0 Å². The Kier molecular flexibility index (Phi) is 6.21. The molecule has 0 spiro atoms. The minimum absolute atomic E-state index is 0.331. The van der Waals surface area contributed by atoms with Crippen LogP contribution in [0.25, 0.3) is 4.48 Å². The van der Waals surface area contributed by atoms with Crippen molar-refractivity contribution in [2.45, 2.75) is 6.92 Å². The molecular formula is C17H14Br2O3. The van der Waals surface area contributed by atoms with Crippen LogP contribution in [0.2, 0.25) is 0 Å². The Morgan fingerprint density at radius 2 is 1.55 bits per heavy atom. The van der Waals surface area contributed by atoms with Gasteiger partial charge in [-0.2, -0.15) is 0 Å². The number of rotatable bonds is 5. The van der Waals surface area contributed by atoms with Gasteiger partial charge in [-0.15, -0.1) is 0 Å². The minimum Gasteiger partial charge on any atom is -0.462 e. The molecule has 0 saturated carbocycles. The van der Waals surface area contributed by atoms with Gasteiger partial charge in [-0.1, -0.05) is 30.3 Å². The molecule has 5 heteroatoms. The first-order chi connectivity index (χ1) is 10.6. The molecule has 0 atom stereocenters. The highest BCUT2D eigenvalue weighted by molar-refractivity contribution is 9.16. The summed E-state index contributed by atoms with van der Waals surface area (Å²) in [5.41, 5.74) is 0.848. The third kappa shape index (κ3) is 4.45. The number of ether oxygens (including phenoxy) is 2. The van der Waals surface area contributed by atoms with Gasteiger partial charge in [0.15, 0.2) is 0 Å². The van der Waals surface area contributed by atoms with Gasteiger partial charge in [-0.3, -0.25) is 0 Å². The van der Waals surface area contributed by atoms with Crippen molar-refractivity contribution < 1.29 is 14.3 Å². The summed E-state index contributed by atoms with van der Waals surface area (Å²) in [6.45, 7) is 2.10. The average molecular weight is 426 g/mol. The van der Waals surface area contributed by atoms with Gasteiger partial charge in [0.25, 0.3) is 0 Å². The number of carbonyl (C=O) groups is 1.